The largest absolute Gasteiger partial charge is 0.331 e. The smallest absolute Gasteiger partial charge is 0.191 e. The Morgan fingerprint density at radius 3 is 2.45 bits per heavy atom. The second kappa shape index (κ2) is 7.12. The standard InChI is InChI=1S/C14H13BrN4S/c1-10(11-2-4-12(15)5-3-11)18-19-14(20)17-13-6-8-16-9-7-13/h2-9H,1H3,(H2,16,17,19,20)/b18-10+. The van der Waals surface area contributed by atoms with Crippen molar-refractivity contribution in [3.05, 3.63) is 58.8 Å². The lowest BCUT2D eigenvalue weighted by atomic mass is 10.1. The minimum atomic E-state index is 0.438. The molecule has 1 aromatic carbocycles. The molecule has 1 aromatic heterocycles. The first-order chi connectivity index (χ1) is 9.65. The van der Waals surface area contributed by atoms with Crippen molar-refractivity contribution in [3.8, 4) is 0 Å². The molecule has 0 atom stereocenters. The molecule has 0 aliphatic rings. The molecule has 2 rings (SSSR count). The first-order valence-corrected chi connectivity index (χ1v) is 7.12. The van der Waals surface area contributed by atoms with Crippen molar-refractivity contribution < 1.29 is 0 Å². The van der Waals surface area contributed by atoms with Gasteiger partial charge in [-0.05, 0) is 49.0 Å². The van der Waals surface area contributed by atoms with Gasteiger partial charge in [-0.25, -0.2) is 0 Å². The number of aromatic nitrogens is 1. The Morgan fingerprint density at radius 1 is 1.15 bits per heavy atom. The van der Waals surface area contributed by atoms with Crippen LogP contribution in [0.2, 0.25) is 0 Å². The summed E-state index contributed by atoms with van der Waals surface area (Å²) < 4.78 is 1.04. The Hall–Kier alpha value is -1.79. The van der Waals surface area contributed by atoms with E-state index >= 15 is 0 Å². The zero-order valence-corrected chi connectivity index (χ0v) is 13.2. The molecule has 0 saturated carbocycles. The number of rotatable bonds is 3. The van der Waals surface area contributed by atoms with Crippen LogP contribution in [-0.4, -0.2) is 15.8 Å². The number of hydrogen-bond acceptors (Lipinski definition) is 3. The molecule has 20 heavy (non-hydrogen) atoms. The second-order valence-corrected chi connectivity index (χ2v) is 5.33. The predicted octanol–water partition coefficient (Wildman–Crippen LogP) is 3.55. The number of benzene rings is 1. The molecule has 6 heteroatoms. The number of anilines is 1. The summed E-state index contributed by atoms with van der Waals surface area (Å²) in [5.41, 5.74) is 5.58. The van der Waals surface area contributed by atoms with Crippen LogP contribution in [0.3, 0.4) is 0 Å². The number of pyridine rings is 1. The van der Waals surface area contributed by atoms with Crippen molar-refractivity contribution in [1.29, 1.82) is 0 Å². The Labute approximate surface area is 131 Å². The molecule has 0 spiro atoms. The van der Waals surface area contributed by atoms with Crippen LogP contribution < -0.4 is 10.7 Å². The summed E-state index contributed by atoms with van der Waals surface area (Å²) in [6.45, 7) is 1.92. The molecule has 0 bridgehead atoms. The van der Waals surface area contributed by atoms with E-state index in [0.29, 0.717) is 5.11 Å². The molecule has 0 unspecified atom stereocenters. The van der Waals surface area contributed by atoms with E-state index in [0.717, 1.165) is 21.4 Å². The number of halogens is 1. The Balaban J connectivity index is 1.95. The van der Waals surface area contributed by atoms with E-state index in [1.807, 2.05) is 43.3 Å². The molecule has 0 radical (unpaired) electrons. The van der Waals surface area contributed by atoms with Gasteiger partial charge in [0.15, 0.2) is 5.11 Å². The van der Waals surface area contributed by atoms with Gasteiger partial charge >= 0.3 is 0 Å². The maximum absolute atomic E-state index is 5.17. The molecule has 4 nitrogen and oxygen atoms in total. The van der Waals surface area contributed by atoms with E-state index in [2.05, 4.69) is 36.8 Å². The van der Waals surface area contributed by atoms with Gasteiger partial charge in [0.1, 0.15) is 0 Å². The third-order valence-corrected chi connectivity index (χ3v) is 3.25. The van der Waals surface area contributed by atoms with Gasteiger partial charge in [0.25, 0.3) is 0 Å². The molecule has 1 heterocycles. The summed E-state index contributed by atoms with van der Waals surface area (Å²) in [4.78, 5) is 3.94. The molecule has 2 aromatic rings. The first-order valence-electron chi connectivity index (χ1n) is 5.92. The normalized spacial score (nSPS) is 11.0. The van der Waals surface area contributed by atoms with Crippen molar-refractivity contribution >= 4 is 44.7 Å². The summed E-state index contributed by atoms with van der Waals surface area (Å²) in [5.74, 6) is 0. The van der Waals surface area contributed by atoms with Gasteiger partial charge in [-0.3, -0.25) is 10.4 Å². The lowest BCUT2D eigenvalue weighted by Crippen LogP contribution is -2.24. The van der Waals surface area contributed by atoms with Crippen LogP contribution in [0.1, 0.15) is 12.5 Å². The van der Waals surface area contributed by atoms with Crippen molar-refractivity contribution in [2.75, 3.05) is 5.32 Å². The predicted molar refractivity (Wildman–Crippen MR) is 89.9 cm³/mol. The van der Waals surface area contributed by atoms with E-state index < -0.39 is 0 Å². The fourth-order valence-electron chi connectivity index (χ4n) is 1.48. The molecular weight excluding hydrogens is 336 g/mol. The fourth-order valence-corrected chi connectivity index (χ4v) is 1.91. The Bertz CT molecular complexity index is 611. The maximum atomic E-state index is 5.17. The minimum Gasteiger partial charge on any atom is -0.331 e. The maximum Gasteiger partial charge on any atom is 0.191 e. The molecule has 0 fully saturated rings. The molecule has 0 amide bonds. The highest BCUT2D eigenvalue weighted by atomic mass is 79.9. The van der Waals surface area contributed by atoms with Gasteiger partial charge in [-0.2, -0.15) is 5.10 Å². The highest BCUT2D eigenvalue weighted by Crippen LogP contribution is 2.11. The van der Waals surface area contributed by atoms with Crippen LogP contribution in [0.5, 0.6) is 0 Å². The van der Waals surface area contributed by atoms with Crippen LogP contribution in [0.25, 0.3) is 0 Å². The third kappa shape index (κ3) is 4.40. The second-order valence-electron chi connectivity index (χ2n) is 4.01. The van der Waals surface area contributed by atoms with Crippen molar-refractivity contribution in [1.82, 2.24) is 10.4 Å². The summed E-state index contributed by atoms with van der Waals surface area (Å²) >= 11 is 8.57. The van der Waals surface area contributed by atoms with E-state index in [1.165, 1.54) is 0 Å². The van der Waals surface area contributed by atoms with Crippen LogP contribution in [0.4, 0.5) is 5.69 Å². The van der Waals surface area contributed by atoms with Crippen molar-refractivity contribution in [2.24, 2.45) is 5.10 Å². The van der Waals surface area contributed by atoms with Gasteiger partial charge in [0, 0.05) is 22.6 Å². The minimum absolute atomic E-state index is 0.438. The lowest BCUT2D eigenvalue weighted by Gasteiger charge is -2.07. The summed E-state index contributed by atoms with van der Waals surface area (Å²) in [7, 11) is 0. The van der Waals surface area contributed by atoms with Gasteiger partial charge in [0.05, 0.1) is 5.71 Å². The SMILES string of the molecule is C/C(=N\NC(=S)Nc1ccncc1)c1ccc(Br)cc1. The lowest BCUT2D eigenvalue weighted by molar-refractivity contribution is 1.04. The quantitative estimate of drug-likeness (QED) is 0.505. The number of hydrazone groups is 1. The summed E-state index contributed by atoms with van der Waals surface area (Å²) in [6, 6.07) is 11.6. The van der Waals surface area contributed by atoms with E-state index in [1.54, 1.807) is 12.4 Å². The number of nitrogens with one attached hydrogen (secondary N) is 2. The number of thiocarbonyl (C=S) groups is 1. The van der Waals surface area contributed by atoms with Crippen LogP contribution in [0, 0.1) is 0 Å². The molecule has 0 aliphatic carbocycles. The van der Waals surface area contributed by atoms with Gasteiger partial charge in [0.2, 0.25) is 0 Å². The monoisotopic (exact) mass is 348 g/mol. The van der Waals surface area contributed by atoms with Crippen molar-refractivity contribution in [3.63, 3.8) is 0 Å². The summed E-state index contributed by atoms with van der Waals surface area (Å²) in [5, 5.41) is 7.71. The van der Waals surface area contributed by atoms with E-state index in [9.17, 15) is 0 Å². The topological polar surface area (TPSA) is 49.3 Å². The Morgan fingerprint density at radius 2 is 1.80 bits per heavy atom. The zero-order chi connectivity index (χ0) is 14.4. The molecule has 102 valence electrons. The van der Waals surface area contributed by atoms with Gasteiger partial charge < -0.3 is 5.32 Å². The third-order valence-electron chi connectivity index (χ3n) is 2.53. The molecular formula is C14H13BrN4S. The summed E-state index contributed by atoms with van der Waals surface area (Å²) in [6.07, 6.45) is 3.39. The van der Waals surface area contributed by atoms with Crippen LogP contribution in [0.15, 0.2) is 58.4 Å². The highest BCUT2D eigenvalue weighted by molar-refractivity contribution is 9.10. The average Bonchev–Trinajstić information content (AvgIpc) is 2.46. The van der Waals surface area contributed by atoms with Crippen LogP contribution in [-0.2, 0) is 0 Å². The zero-order valence-electron chi connectivity index (χ0n) is 10.8. The number of nitrogens with zero attached hydrogens (tertiary/aromatic N) is 2. The van der Waals surface area contributed by atoms with Gasteiger partial charge in [-0.15, -0.1) is 0 Å². The van der Waals surface area contributed by atoms with E-state index in [4.69, 9.17) is 12.2 Å². The average molecular weight is 349 g/mol. The van der Waals surface area contributed by atoms with Gasteiger partial charge in [-0.1, -0.05) is 28.1 Å². The van der Waals surface area contributed by atoms with Crippen molar-refractivity contribution in [2.45, 2.75) is 6.92 Å². The van der Waals surface area contributed by atoms with Crippen LogP contribution >= 0.6 is 28.1 Å². The molecule has 0 aliphatic heterocycles. The molecule has 0 saturated heterocycles. The molecule has 2 N–H and O–H groups in total. The van der Waals surface area contributed by atoms with E-state index in [-0.39, 0.29) is 0 Å². The number of hydrogen-bond donors (Lipinski definition) is 2. The Kier molecular flexibility index (Phi) is 5.20. The highest BCUT2D eigenvalue weighted by Gasteiger charge is 1.99. The fraction of sp³-hybridized carbons (Fsp3) is 0.0714. The first kappa shape index (κ1) is 14.6.